The number of hydrogen-bond acceptors (Lipinski definition) is 3. The molecule has 3 heterocycles. The van der Waals surface area contributed by atoms with Gasteiger partial charge >= 0.3 is 0 Å². The summed E-state index contributed by atoms with van der Waals surface area (Å²) >= 11 is 0. The number of rotatable bonds is 1. The maximum Gasteiger partial charge on any atom is 0.113 e. The molecule has 3 heteroatoms. The van der Waals surface area contributed by atoms with Crippen LogP contribution >= 0.6 is 0 Å². The molecule has 56 valence electrons. The minimum Gasteiger partial charge on any atom is -0.396 e. The van der Waals surface area contributed by atoms with Gasteiger partial charge in [0.25, 0.3) is 0 Å². The Kier molecular flexibility index (Phi) is 0.854. The number of fused-ring (bicyclic) bond motifs is 5. The molecular formula is C7H10O3. The van der Waals surface area contributed by atoms with Crippen LogP contribution in [0.4, 0.5) is 0 Å². The van der Waals surface area contributed by atoms with Crippen molar-refractivity contribution in [3.05, 3.63) is 0 Å². The zero-order valence-electron chi connectivity index (χ0n) is 5.56. The van der Waals surface area contributed by atoms with Gasteiger partial charge in [-0.25, -0.2) is 0 Å². The van der Waals surface area contributed by atoms with Crippen molar-refractivity contribution in [1.82, 2.24) is 0 Å². The zero-order chi connectivity index (χ0) is 6.72. The fourth-order valence-corrected chi connectivity index (χ4v) is 2.24. The van der Waals surface area contributed by atoms with Crippen molar-refractivity contribution < 1.29 is 14.6 Å². The first-order valence-electron chi connectivity index (χ1n) is 3.82. The Morgan fingerprint density at radius 1 is 1.20 bits per heavy atom. The molecule has 2 bridgehead atoms. The molecule has 0 aromatic rings. The molecule has 3 nitrogen and oxygen atoms in total. The van der Waals surface area contributed by atoms with E-state index in [1.807, 2.05) is 0 Å². The topological polar surface area (TPSA) is 42.0 Å². The van der Waals surface area contributed by atoms with E-state index < -0.39 is 0 Å². The van der Waals surface area contributed by atoms with Crippen molar-refractivity contribution in [2.24, 2.45) is 5.92 Å². The van der Waals surface area contributed by atoms with Crippen LogP contribution < -0.4 is 0 Å². The van der Waals surface area contributed by atoms with Gasteiger partial charge in [0.05, 0.1) is 12.2 Å². The highest BCUT2D eigenvalue weighted by Gasteiger charge is 2.64. The van der Waals surface area contributed by atoms with Gasteiger partial charge in [-0.2, -0.15) is 0 Å². The summed E-state index contributed by atoms with van der Waals surface area (Å²) in [7, 11) is 0. The van der Waals surface area contributed by atoms with Crippen molar-refractivity contribution in [1.29, 1.82) is 0 Å². The molecule has 0 amide bonds. The predicted molar refractivity (Wildman–Crippen MR) is 32.5 cm³/mol. The monoisotopic (exact) mass is 142 g/mol. The molecule has 5 atom stereocenters. The van der Waals surface area contributed by atoms with Crippen molar-refractivity contribution >= 4 is 0 Å². The van der Waals surface area contributed by atoms with Crippen molar-refractivity contribution in [3.63, 3.8) is 0 Å². The lowest BCUT2D eigenvalue weighted by atomic mass is 9.90. The molecule has 0 saturated carbocycles. The SMILES string of the molecule is OC[C@@H]1C[C@@H]2O[C@H]1[C@H]1O[C@H]12. The molecule has 1 N–H and O–H groups in total. The number of epoxide rings is 1. The highest BCUT2D eigenvalue weighted by Crippen LogP contribution is 2.50. The number of ether oxygens (including phenoxy) is 2. The summed E-state index contributed by atoms with van der Waals surface area (Å²) in [5.41, 5.74) is 0. The van der Waals surface area contributed by atoms with Crippen LogP contribution in [-0.4, -0.2) is 36.1 Å². The second-order valence-electron chi connectivity index (χ2n) is 3.38. The molecule has 3 saturated heterocycles. The minimum atomic E-state index is 0.222. The third kappa shape index (κ3) is 0.480. The number of aliphatic hydroxyl groups excluding tert-OH is 1. The van der Waals surface area contributed by atoms with Crippen LogP contribution in [0.25, 0.3) is 0 Å². The van der Waals surface area contributed by atoms with E-state index in [-0.39, 0.29) is 12.7 Å². The van der Waals surface area contributed by atoms with Gasteiger partial charge in [0, 0.05) is 12.5 Å². The highest BCUT2D eigenvalue weighted by molar-refractivity contribution is 5.11. The average molecular weight is 142 g/mol. The molecule has 0 aromatic carbocycles. The molecule has 3 rings (SSSR count). The number of hydrogen-bond donors (Lipinski definition) is 1. The van der Waals surface area contributed by atoms with Crippen LogP contribution in [0.2, 0.25) is 0 Å². The van der Waals surface area contributed by atoms with E-state index >= 15 is 0 Å². The first kappa shape index (κ1) is 5.52. The Bertz CT molecular complexity index is 170. The van der Waals surface area contributed by atoms with Gasteiger partial charge in [-0.05, 0) is 6.42 Å². The summed E-state index contributed by atoms with van der Waals surface area (Å²) in [6, 6.07) is 0. The molecule has 3 aliphatic rings. The van der Waals surface area contributed by atoms with E-state index in [0.717, 1.165) is 6.42 Å². The lowest BCUT2D eigenvalue weighted by Crippen LogP contribution is -2.26. The molecule has 10 heavy (non-hydrogen) atoms. The Morgan fingerprint density at radius 2 is 2.10 bits per heavy atom. The quantitative estimate of drug-likeness (QED) is 0.503. The average Bonchev–Trinajstić information content (AvgIpc) is 2.58. The molecule has 3 fully saturated rings. The third-order valence-corrected chi connectivity index (χ3v) is 2.82. The fraction of sp³-hybridized carbons (Fsp3) is 1.00. The van der Waals surface area contributed by atoms with Gasteiger partial charge in [-0.15, -0.1) is 0 Å². The van der Waals surface area contributed by atoms with Crippen LogP contribution in [0, 0.1) is 5.92 Å². The van der Waals surface area contributed by atoms with Crippen LogP contribution in [0.15, 0.2) is 0 Å². The molecule has 0 unspecified atom stereocenters. The van der Waals surface area contributed by atoms with Crippen LogP contribution in [0.3, 0.4) is 0 Å². The molecule has 0 spiro atoms. The normalized spacial score (nSPS) is 62.7. The summed E-state index contributed by atoms with van der Waals surface area (Å²) in [5.74, 6) is 0.355. The summed E-state index contributed by atoms with van der Waals surface area (Å²) in [6.07, 6.45) is 2.28. The second kappa shape index (κ2) is 1.55. The lowest BCUT2D eigenvalue weighted by molar-refractivity contribution is 0.00587. The first-order chi connectivity index (χ1) is 4.90. The highest BCUT2D eigenvalue weighted by atomic mass is 16.7. The van der Waals surface area contributed by atoms with Gasteiger partial charge < -0.3 is 14.6 Å². The van der Waals surface area contributed by atoms with Gasteiger partial charge in [0.15, 0.2) is 0 Å². The minimum absolute atomic E-state index is 0.222. The van der Waals surface area contributed by atoms with Crippen LogP contribution in [-0.2, 0) is 9.47 Å². The maximum absolute atomic E-state index is 8.89. The van der Waals surface area contributed by atoms with Crippen molar-refractivity contribution in [2.45, 2.75) is 30.8 Å². The Morgan fingerprint density at radius 3 is 2.70 bits per heavy atom. The van der Waals surface area contributed by atoms with Gasteiger partial charge in [-0.3, -0.25) is 0 Å². The van der Waals surface area contributed by atoms with Crippen molar-refractivity contribution in [2.75, 3.05) is 6.61 Å². The summed E-state index contributed by atoms with van der Waals surface area (Å²) in [5, 5.41) is 8.89. The van der Waals surface area contributed by atoms with Crippen LogP contribution in [0.5, 0.6) is 0 Å². The first-order valence-corrected chi connectivity index (χ1v) is 3.82. The standard InChI is InChI=1S/C7H10O3/c8-2-3-1-4-6-7(10-6)5(3)9-4/h3-8H,1-2H2/t3-,4-,5+,6-,7+/m0/s1. The van der Waals surface area contributed by atoms with E-state index in [1.54, 1.807) is 0 Å². The van der Waals surface area contributed by atoms with E-state index in [1.165, 1.54) is 0 Å². The zero-order valence-corrected chi connectivity index (χ0v) is 5.56. The fourth-order valence-electron chi connectivity index (χ4n) is 2.24. The Labute approximate surface area is 58.9 Å². The largest absolute Gasteiger partial charge is 0.396 e. The Balaban J connectivity index is 1.85. The lowest BCUT2D eigenvalue weighted by Gasteiger charge is -2.12. The summed E-state index contributed by atoms with van der Waals surface area (Å²) < 4.78 is 10.9. The van der Waals surface area contributed by atoms with Crippen LogP contribution in [0.1, 0.15) is 6.42 Å². The molecule has 0 aromatic heterocycles. The van der Waals surface area contributed by atoms with E-state index in [9.17, 15) is 0 Å². The van der Waals surface area contributed by atoms with Gasteiger partial charge in [0.2, 0.25) is 0 Å². The summed E-state index contributed by atoms with van der Waals surface area (Å²) in [6.45, 7) is 0.258. The Hall–Kier alpha value is -0.120. The molecule has 3 aliphatic heterocycles. The molecular weight excluding hydrogens is 132 g/mol. The third-order valence-electron chi connectivity index (χ3n) is 2.82. The van der Waals surface area contributed by atoms with E-state index in [4.69, 9.17) is 14.6 Å². The van der Waals surface area contributed by atoms with Gasteiger partial charge in [0.1, 0.15) is 12.2 Å². The number of aliphatic hydroxyl groups is 1. The second-order valence-corrected chi connectivity index (χ2v) is 3.38. The maximum atomic E-state index is 8.89. The van der Waals surface area contributed by atoms with E-state index in [2.05, 4.69) is 0 Å². The molecule has 0 radical (unpaired) electrons. The van der Waals surface area contributed by atoms with Crippen molar-refractivity contribution in [3.8, 4) is 0 Å². The summed E-state index contributed by atoms with van der Waals surface area (Å²) in [4.78, 5) is 0. The van der Waals surface area contributed by atoms with E-state index in [0.29, 0.717) is 24.2 Å². The smallest absolute Gasteiger partial charge is 0.113 e. The molecule has 0 aliphatic carbocycles. The predicted octanol–water partition coefficient (Wildman–Crippen LogP) is -0.467. The van der Waals surface area contributed by atoms with Gasteiger partial charge in [-0.1, -0.05) is 0 Å².